The molecule has 2 aliphatic carbocycles. The number of rotatable bonds is 59. The summed E-state index contributed by atoms with van der Waals surface area (Å²) in [6.07, 6.45) is 5.63. The Morgan fingerprint density at radius 1 is 0.617 bits per heavy atom. The number of likely N-dealkylation sites (tertiary alicyclic amines) is 1. The molecule has 2 fully saturated rings. The van der Waals surface area contributed by atoms with E-state index in [9.17, 15) is 48.3 Å². The van der Waals surface area contributed by atoms with E-state index >= 15 is 4.39 Å². The lowest BCUT2D eigenvalue weighted by molar-refractivity contribution is -0.172. The van der Waals surface area contributed by atoms with Gasteiger partial charge in [-0.1, -0.05) is 68.4 Å². The summed E-state index contributed by atoms with van der Waals surface area (Å²) in [5, 5.41) is 35.3. The summed E-state index contributed by atoms with van der Waals surface area (Å²) in [4.78, 5) is 131. The quantitative estimate of drug-likeness (QED) is 0.0194. The van der Waals surface area contributed by atoms with Gasteiger partial charge in [-0.05, 0) is 118 Å². The maximum Gasteiger partial charge on any atom is 0.343 e. The van der Waals surface area contributed by atoms with Crippen LogP contribution in [0.5, 0.6) is 0 Å². The van der Waals surface area contributed by atoms with Gasteiger partial charge in [-0.15, -0.1) is 5.10 Å². The molecule has 1 spiro atoms. The summed E-state index contributed by atoms with van der Waals surface area (Å²) >= 11 is 0. The van der Waals surface area contributed by atoms with E-state index < -0.39 is 71.2 Å². The number of nitrogens with zero attached hydrogens (tertiary/aromatic N) is 7. The van der Waals surface area contributed by atoms with Gasteiger partial charge in [0.15, 0.2) is 5.60 Å². The van der Waals surface area contributed by atoms with Crippen molar-refractivity contribution in [2.75, 3.05) is 209 Å². The highest BCUT2D eigenvalue weighted by atomic mass is 19.1. The lowest BCUT2D eigenvalue weighted by Crippen LogP contribution is -2.60. The molecule has 4 aliphatic heterocycles. The smallest absolute Gasteiger partial charge is 0.343 e. The third kappa shape index (κ3) is 27.8. The number of halogens is 1. The van der Waals surface area contributed by atoms with Gasteiger partial charge in [-0.25, -0.2) is 18.9 Å². The van der Waals surface area contributed by atoms with Crippen LogP contribution < -0.4 is 42.8 Å². The second-order valence-corrected chi connectivity index (χ2v) is 34.4. The second kappa shape index (κ2) is 51.8. The molecule has 6 aliphatic rings. The molecule has 1 saturated carbocycles. The van der Waals surface area contributed by atoms with Crippen LogP contribution in [-0.4, -0.2) is 298 Å². The van der Waals surface area contributed by atoms with E-state index in [1.807, 2.05) is 60.5 Å². The fourth-order valence-electron chi connectivity index (χ4n) is 17.7. The Morgan fingerprint density at radius 3 is 1.73 bits per heavy atom. The van der Waals surface area contributed by atoms with E-state index in [0.29, 0.717) is 249 Å². The molecule has 0 radical (unpaired) electrons. The van der Waals surface area contributed by atoms with Crippen molar-refractivity contribution < 1.29 is 114 Å². The molecule has 728 valence electrons. The topological polar surface area (TPSA) is 444 Å². The van der Waals surface area contributed by atoms with Gasteiger partial charge in [0.25, 0.3) is 5.56 Å². The second-order valence-electron chi connectivity index (χ2n) is 34.4. The fraction of sp³-hybridized carbons (Fsp3) is 0.621. The third-order valence-electron chi connectivity index (χ3n) is 25.0. The maximum absolute atomic E-state index is 15.6. The van der Waals surface area contributed by atoms with Crippen LogP contribution in [-0.2, 0) is 143 Å². The molecule has 4 atom stereocenters. The molecule has 8 N–H and O–H groups in total. The number of carbonyl (C=O) groups excluding carboxylic acids is 8. The summed E-state index contributed by atoms with van der Waals surface area (Å²) in [6.45, 7) is 18.3. The lowest BCUT2D eigenvalue weighted by atomic mass is 9.65. The Hall–Kier alpha value is -9.75. The maximum atomic E-state index is 15.6. The van der Waals surface area contributed by atoms with Crippen LogP contribution in [0.25, 0.3) is 44.8 Å². The van der Waals surface area contributed by atoms with Crippen LogP contribution in [0.15, 0.2) is 65.5 Å². The van der Waals surface area contributed by atoms with Crippen LogP contribution >= 0.6 is 0 Å². The molecule has 6 aromatic rings. The number of aromatic nitrogens is 5. The number of nitrogens with two attached hydrogens (primary N) is 1. The number of aryl methyl sites for hydroxylation is 2. The van der Waals surface area contributed by atoms with Gasteiger partial charge in [0.2, 0.25) is 41.4 Å². The third-order valence-corrected chi connectivity index (χ3v) is 25.0. The van der Waals surface area contributed by atoms with Crippen molar-refractivity contribution in [1.82, 2.24) is 56.0 Å². The van der Waals surface area contributed by atoms with Crippen molar-refractivity contribution in [3.05, 3.63) is 116 Å². The Bertz CT molecular complexity index is 4940. The molecule has 3 aromatic heterocycles. The number of amides is 7. The van der Waals surface area contributed by atoms with Crippen molar-refractivity contribution in [3.8, 4) is 33.9 Å². The van der Waals surface area contributed by atoms with E-state index in [1.165, 1.54) is 10.6 Å². The number of aliphatic hydroxyl groups is 1. The van der Waals surface area contributed by atoms with E-state index in [-0.39, 0.29) is 111 Å². The Kier molecular flexibility index (Phi) is 39.8. The van der Waals surface area contributed by atoms with Gasteiger partial charge in [0.05, 0.1) is 238 Å². The number of nitrogens with one attached hydrogen (secondary N) is 5. The van der Waals surface area contributed by atoms with Crippen molar-refractivity contribution >= 4 is 63.9 Å². The predicted molar refractivity (Wildman–Crippen MR) is 485 cm³/mol. The number of hydrogen-bond donors (Lipinski definition) is 7. The number of unbranched alkanes of at least 4 members (excludes halogenated alkanes) is 1. The molecule has 0 unspecified atom stereocenters. The minimum Gasteiger partial charge on any atom is -0.458 e. The lowest BCUT2D eigenvalue weighted by Gasteiger charge is -2.53. The number of benzene rings is 3. The number of fused-ring (bicyclic) bond motifs is 10. The number of pyridine rings is 2. The molecule has 1 saturated heterocycles. The van der Waals surface area contributed by atoms with Gasteiger partial charge in [0, 0.05) is 84.6 Å². The van der Waals surface area contributed by atoms with Crippen LogP contribution in [0.3, 0.4) is 0 Å². The van der Waals surface area contributed by atoms with E-state index in [2.05, 4.69) is 36.9 Å². The Labute approximate surface area is 774 Å². The zero-order valence-corrected chi connectivity index (χ0v) is 77.3. The van der Waals surface area contributed by atoms with Crippen LogP contribution in [0.2, 0.25) is 0 Å². The summed E-state index contributed by atoms with van der Waals surface area (Å²) in [7, 11) is 1.86. The number of ether oxygens (including phenoxy) is 14. The van der Waals surface area contributed by atoms with E-state index in [0.717, 1.165) is 65.0 Å². The standard InChI is InChI=1S/C95H132FN13O24/c1-6-95(119)72-55-78-86-70(59-109(78)92(117)71(72)60-133-93(95)118)84-74(19-18-67-64(4)73(96)56-76(101-86)83(67)84)100-80(111)57-99-90(115)75(16-11-12-27-97)102-91(116)85(63(2)3)103-79(110)23-29-120-31-33-122-35-37-124-39-41-126-43-45-128-47-49-130-51-53-132-54-52-131-50-48-129-46-44-127-42-40-125-38-36-123-34-32-121-30-24-81(112)107-61-94(62-107)25-20-65(21-26-94)89(114)98-28-22-82(113)108-58-66-13-7-8-14-68(66)87-88(106(5)105-104-87)69-15-9-10-17-77(69)108/h7-10,13-15,17,55-56,63,65,74-75,85,119H,6,11-12,16,18-54,57-62,97H2,1-5H3,(H,98,114)(H,99,115)(H,100,111)(H,102,116)(H,103,110)/t74-,75-,85-,95-/m0/s1. The summed E-state index contributed by atoms with van der Waals surface area (Å²) in [5.41, 5.74) is 12.2. The van der Waals surface area contributed by atoms with Crippen LogP contribution in [0.4, 0.5) is 10.1 Å². The first-order valence-corrected chi connectivity index (χ1v) is 46.7. The highest BCUT2D eigenvalue weighted by molar-refractivity contribution is 6.01. The fourth-order valence-corrected chi connectivity index (χ4v) is 17.7. The number of esters is 1. The molecule has 12 rings (SSSR count). The Morgan fingerprint density at radius 2 is 1.17 bits per heavy atom. The predicted octanol–water partition coefficient (Wildman–Crippen LogP) is 5.03. The van der Waals surface area contributed by atoms with Gasteiger partial charge < -0.3 is 118 Å². The van der Waals surface area contributed by atoms with Crippen molar-refractivity contribution in [2.45, 2.75) is 155 Å². The summed E-state index contributed by atoms with van der Waals surface area (Å²) in [6, 6.07) is 15.9. The van der Waals surface area contributed by atoms with Crippen molar-refractivity contribution in [2.24, 2.45) is 30.0 Å². The van der Waals surface area contributed by atoms with Crippen molar-refractivity contribution in [1.29, 1.82) is 0 Å². The monoisotopic (exact) mass is 1860 g/mol. The molecule has 7 heterocycles. The number of para-hydroxylation sites is 1. The molecule has 38 heteroatoms. The number of hydrogen-bond acceptors (Lipinski definition) is 28. The van der Waals surface area contributed by atoms with Crippen molar-refractivity contribution in [3.63, 3.8) is 0 Å². The minimum absolute atomic E-state index is 0.0173. The molecule has 37 nitrogen and oxygen atoms in total. The summed E-state index contributed by atoms with van der Waals surface area (Å²) < 4.78 is 96.7. The van der Waals surface area contributed by atoms with Crippen LogP contribution in [0.1, 0.15) is 143 Å². The molecule has 133 heavy (non-hydrogen) atoms. The molecular weight excluding hydrogens is 1730 g/mol. The molecule has 0 bridgehead atoms. The zero-order valence-electron chi connectivity index (χ0n) is 77.3. The molecular formula is C95H132FN13O24. The van der Waals surface area contributed by atoms with Crippen LogP contribution in [0, 0.1) is 30.0 Å². The van der Waals surface area contributed by atoms with Gasteiger partial charge in [-0.2, -0.15) is 0 Å². The molecule has 3 aromatic carbocycles. The number of cyclic esters (lactones) is 1. The van der Waals surface area contributed by atoms with E-state index in [4.69, 9.17) is 77.0 Å². The summed E-state index contributed by atoms with van der Waals surface area (Å²) in [5.74, 6) is -4.04. The highest BCUT2D eigenvalue weighted by Crippen LogP contribution is 2.49. The first-order chi connectivity index (χ1) is 64.6. The van der Waals surface area contributed by atoms with E-state index in [1.54, 1.807) is 43.3 Å². The van der Waals surface area contributed by atoms with Gasteiger partial charge in [-0.3, -0.25) is 38.4 Å². The minimum atomic E-state index is -2.06. The Balaban J connectivity index is 0.392. The SMILES string of the molecule is CC[C@@]1(O)C(=O)OCc2c1cc1n(c2=O)Cc2c-1nc1cc(F)c(C)c3c1c2[C@@H](NC(=O)CNC(=O)[C@H](CCCCN)NC(=O)[C@@H](NC(=O)CCOCCOCCOCCOCCOCCOCCOCCOCCOCCOCCOCCOCCOCCC(=O)N1CC2(CCC(C(=O)NCCC(=O)N4Cc5ccccc5-c5nnn(C)c5-c5ccccc54)CC2)C1)C(C)C)CC3. The largest absolute Gasteiger partial charge is 0.458 e. The average Bonchev–Trinajstić information content (AvgIpc) is 1.57. The van der Waals surface area contributed by atoms with Gasteiger partial charge >= 0.3 is 5.97 Å². The zero-order chi connectivity index (χ0) is 94.1. The first kappa shape index (κ1) is 102. The average molecular weight is 1860 g/mol. The highest BCUT2D eigenvalue weighted by Gasteiger charge is 2.49. The van der Waals surface area contributed by atoms with Gasteiger partial charge in [0.1, 0.15) is 30.2 Å². The molecule has 7 amide bonds. The number of carbonyl (C=O) groups is 8. The first-order valence-electron chi connectivity index (χ1n) is 46.7. The normalized spacial score (nSPS) is 16.8. The number of anilines is 1.